The van der Waals surface area contributed by atoms with E-state index in [0.29, 0.717) is 35.9 Å². The monoisotopic (exact) mass is 528 g/mol. The molecule has 10 heteroatoms. The Bertz CT molecular complexity index is 1380. The summed E-state index contributed by atoms with van der Waals surface area (Å²) < 4.78 is 13.3. The third-order valence-corrected chi connectivity index (χ3v) is 6.78. The molecule has 3 atom stereocenters. The van der Waals surface area contributed by atoms with Crippen molar-refractivity contribution in [3.63, 3.8) is 0 Å². The number of methoxy groups -OCH3 is 1. The zero-order valence-corrected chi connectivity index (χ0v) is 21.9. The normalized spacial score (nSPS) is 18.7. The molecule has 1 unspecified atom stereocenters. The van der Waals surface area contributed by atoms with Crippen molar-refractivity contribution in [1.29, 1.82) is 0 Å². The van der Waals surface area contributed by atoms with E-state index in [0.717, 1.165) is 23.2 Å². The fourth-order valence-electron chi connectivity index (χ4n) is 4.83. The first-order chi connectivity index (χ1) is 19.1. The highest BCUT2D eigenvalue weighted by Crippen LogP contribution is 2.35. The first kappa shape index (κ1) is 26.5. The van der Waals surface area contributed by atoms with E-state index in [9.17, 15) is 9.90 Å². The maximum atomic E-state index is 13.4. The van der Waals surface area contributed by atoms with Crippen LogP contribution in [0.1, 0.15) is 35.9 Å². The summed E-state index contributed by atoms with van der Waals surface area (Å²) in [5, 5.41) is 20.3. The van der Waals surface area contributed by atoms with Crippen LogP contribution in [0.15, 0.2) is 73.1 Å². The minimum Gasteiger partial charge on any atom is -0.388 e. The molecule has 2 aromatic heterocycles. The van der Waals surface area contributed by atoms with Crippen LogP contribution in [0.2, 0.25) is 0 Å². The highest BCUT2D eigenvalue weighted by Gasteiger charge is 2.37. The number of carbonyl (C=O) groups is 1. The van der Waals surface area contributed by atoms with Crippen LogP contribution >= 0.6 is 0 Å². The van der Waals surface area contributed by atoms with Crippen molar-refractivity contribution in [2.24, 2.45) is 0 Å². The quantitative estimate of drug-likeness (QED) is 0.298. The second-order valence-electron chi connectivity index (χ2n) is 9.43. The van der Waals surface area contributed by atoms with Crippen LogP contribution in [0.25, 0.3) is 16.9 Å². The lowest BCUT2D eigenvalue weighted by Crippen LogP contribution is -2.40. The molecular weight excluding hydrogens is 496 g/mol. The van der Waals surface area contributed by atoms with Crippen LogP contribution in [0.4, 0.5) is 10.6 Å². The lowest BCUT2D eigenvalue weighted by Gasteiger charge is -2.21. The molecule has 4 aromatic rings. The van der Waals surface area contributed by atoms with E-state index in [1.165, 1.54) is 0 Å². The minimum absolute atomic E-state index is 0.0227. The van der Waals surface area contributed by atoms with Gasteiger partial charge in [-0.1, -0.05) is 48.5 Å². The summed E-state index contributed by atoms with van der Waals surface area (Å²) in [7, 11) is 1.67. The highest BCUT2D eigenvalue weighted by molar-refractivity contribution is 5.91. The number of nitrogens with zero attached hydrogens (tertiary/aromatic N) is 4. The summed E-state index contributed by atoms with van der Waals surface area (Å²) in [5.74, 6) is 0.859. The van der Waals surface area contributed by atoms with Crippen LogP contribution in [-0.4, -0.2) is 56.7 Å². The lowest BCUT2D eigenvalue weighted by atomic mass is 10.0. The van der Waals surface area contributed by atoms with Gasteiger partial charge in [0.15, 0.2) is 5.82 Å². The molecule has 0 aliphatic carbocycles. The summed E-state index contributed by atoms with van der Waals surface area (Å²) in [4.78, 5) is 21.8. The Labute approximate surface area is 227 Å². The predicted molar refractivity (Wildman–Crippen MR) is 146 cm³/mol. The van der Waals surface area contributed by atoms with Crippen molar-refractivity contribution in [1.82, 2.24) is 25.1 Å². The van der Waals surface area contributed by atoms with Gasteiger partial charge in [-0.15, -0.1) is 0 Å². The molecule has 3 N–H and O–H groups in total. The van der Waals surface area contributed by atoms with E-state index in [4.69, 9.17) is 14.6 Å². The van der Waals surface area contributed by atoms with Crippen LogP contribution in [0.3, 0.4) is 0 Å². The number of amides is 2. The van der Waals surface area contributed by atoms with Gasteiger partial charge in [0.05, 0.1) is 17.8 Å². The molecule has 2 amide bonds. The topological polar surface area (TPSA) is 123 Å². The Kier molecular flexibility index (Phi) is 8.26. The van der Waals surface area contributed by atoms with Gasteiger partial charge in [0, 0.05) is 37.2 Å². The molecule has 1 fully saturated rings. The Morgan fingerprint density at radius 1 is 1.10 bits per heavy atom. The van der Waals surface area contributed by atoms with Gasteiger partial charge >= 0.3 is 6.03 Å². The number of benzene rings is 2. The first-order valence-electron chi connectivity index (χ1n) is 12.9. The summed E-state index contributed by atoms with van der Waals surface area (Å²) in [5.41, 5.74) is 3.87. The van der Waals surface area contributed by atoms with Crippen molar-refractivity contribution in [3.8, 4) is 16.9 Å². The number of aliphatic hydroxyl groups excluding tert-OH is 1. The van der Waals surface area contributed by atoms with E-state index >= 15 is 0 Å². The van der Waals surface area contributed by atoms with Gasteiger partial charge in [-0.05, 0) is 37.5 Å². The van der Waals surface area contributed by atoms with E-state index in [-0.39, 0.29) is 30.9 Å². The Morgan fingerprint density at radius 2 is 1.79 bits per heavy atom. The Morgan fingerprint density at radius 3 is 2.46 bits per heavy atom. The maximum Gasteiger partial charge on any atom is 0.320 e. The van der Waals surface area contributed by atoms with E-state index < -0.39 is 0 Å². The van der Waals surface area contributed by atoms with Crippen LogP contribution in [-0.2, 0) is 16.1 Å². The molecule has 2 aromatic carbocycles. The number of ether oxygens (including phenoxy) is 2. The highest BCUT2D eigenvalue weighted by atomic mass is 16.5. The van der Waals surface area contributed by atoms with Crippen molar-refractivity contribution < 1.29 is 19.4 Å². The Balaban J connectivity index is 1.41. The summed E-state index contributed by atoms with van der Waals surface area (Å²) in [6.45, 7) is 2.24. The summed E-state index contributed by atoms with van der Waals surface area (Å²) in [6.07, 6.45) is 4.37. The minimum atomic E-state index is -0.351. The first-order valence-corrected chi connectivity index (χ1v) is 12.9. The van der Waals surface area contributed by atoms with Gasteiger partial charge in [-0.25, -0.2) is 19.4 Å². The van der Waals surface area contributed by atoms with Gasteiger partial charge in [0.1, 0.15) is 24.2 Å². The zero-order chi connectivity index (χ0) is 27.2. The summed E-state index contributed by atoms with van der Waals surface area (Å²) >= 11 is 0. The molecule has 0 spiro atoms. The number of rotatable bonds is 9. The number of hydrogen-bond acceptors (Lipinski definition) is 7. The molecule has 1 aliphatic rings. The molecule has 1 saturated heterocycles. The van der Waals surface area contributed by atoms with Gasteiger partial charge in [0.25, 0.3) is 0 Å². The number of anilines is 1. The molecular formula is C29H32N6O4. The Hall–Kier alpha value is -4.12. The SMILES string of the molecule is COCCC1C[C@@H](NC(=O)Nc2c(C)c(-c3cnc(CO)nc3)nn2-c2ccccc2)[C@H](c2ccccc2)O1. The van der Waals surface area contributed by atoms with Crippen molar-refractivity contribution in [2.45, 2.75) is 44.6 Å². The fraction of sp³-hybridized carbons (Fsp3) is 0.310. The fourth-order valence-corrected chi connectivity index (χ4v) is 4.83. The van der Waals surface area contributed by atoms with E-state index in [2.05, 4.69) is 20.6 Å². The standard InChI is InChI=1S/C29H32N6O4/c1-19-26(21-16-30-25(18-36)31-17-21)34-35(22-11-7-4-8-12-22)28(19)33-29(37)32-24-15-23(13-14-38-2)39-27(24)20-9-5-3-6-10-20/h3-12,16-17,23-24,27,36H,13-15,18H2,1-2H3,(H2,32,33,37)/t23?,24-,27+/m1/s1. The van der Waals surface area contributed by atoms with Gasteiger partial charge in [-0.2, -0.15) is 5.10 Å². The van der Waals surface area contributed by atoms with E-state index in [1.54, 1.807) is 24.2 Å². The predicted octanol–water partition coefficient (Wildman–Crippen LogP) is 4.19. The number of aromatic nitrogens is 4. The smallest absolute Gasteiger partial charge is 0.320 e. The number of urea groups is 1. The van der Waals surface area contributed by atoms with Crippen LogP contribution in [0.5, 0.6) is 0 Å². The second-order valence-corrected chi connectivity index (χ2v) is 9.43. The van der Waals surface area contributed by atoms with E-state index in [1.807, 2.05) is 67.6 Å². The van der Waals surface area contributed by atoms with Crippen LogP contribution < -0.4 is 10.6 Å². The molecule has 0 bridgehead atoms. The molecule has 202 valence electrons. The number of carbonyl (C=O) groups excluding carboxylic acids is 1. The average Bonchev–Trinajstić information content (AvgIpc) is 3.53. The molecule has 1 aliphatic heterocycles. The van der Waals surface area contributed by atoms with Gasteiger partial charge < -0.3 is 19.9 Å². The third kappa shape index (κ3) is 5.98. The molecule has 10 nitrogen and oxygen atoms in total. The third-order valence-electron chi connectivity index (χ3n) is 6.78. The van der Waals surface area contributed by atoms with Gasteiger partial charge in [-0.3, -0.25) is 5.32 Å². The molecule has 0 radical (unpaired) electrons. The summed E-state index contributed by atoms with van der Waals surface area (Å²) in [6, 6.07) is 18.9. The van der Waals surface area contributed by atoms with Crippen molar-refractivity contribution in [3.05, 3.63) is 90.0 Å². The number of para-hydroxylation sites is 1. The molecule has 39 heavy (non-hydrogen) atoms. The molecule has 3 heterocycles. The largest absolute Gasteiger partial charge is 0.388 e. The van der Waals surface area contributed by atoms with Crippen molar-refractivity contribution in [2.75, 3.05) is 19.0 Å². The number of aliphatic hydroxyl groups is 1. The second kappa shape index (κ2) is 12.2. The van der Waals surface area contributed by atoms with Crippen LogP contribution in [0, 0.1) is 6.92 Å². The zero-order valence-electron chi connectivity index (χ0n) is 21.9. The lowest BCUT2D eigenvalue weighted by molar-refractivity contribution is 0.0212. The number of nitrogens with one attached hydrogen (secondary N) is 2. The van der Waals surface area contributed by atoms with Crippen molar-refractivity contribution >= 4 is 11.8 Å². The van der Waals surface area contributed by atoms with Gasteiger partial charge in [0.2, 0.25) is 0 Å². The molecule has 0 saturated carbocycles. The maximum absolute atomic E-state index is 13.4. The average molecular weight is 529 g/mol. The molecule has 5 rings (SSSR count). The number of hydrogen-bond donors (Lipinski definition) is 3.